The molecule has 0 aromatic carbocycles. The summed E-state index contributed by atoms with van der Waals surface area (Å²) in [7, 11) is 0. The van der Waals surface area contributed by atoms with Gasteiger partial charge in [0.2, 0.25) is 5.91 Å². The minimum Gasteiger partial charge on any atom is -0.330 e. The van der Waals surface area contributed by atoms with E-state index in [0.717, 1.165) is 41.9 Å². The number of carbonyl (C=O) groups excluding carboxylic acids is 1. The lowest BCUT2D eigenvalue weighted by Crippen LogP contribution is -2.55. The van der Waals surface area contributed by atoms with Crippen molar-refractivity contribution in [1.82, 2.24) is 5.32 Å². The third kappa shape index (κ3) is 3.51. The van der Waals surface area contributed by atoms with Crippen LogP contribution in [0.5, 0.6) is 0 Å². The highest BCUT2D eigenvalue weighted by Crippen LogP contribution is 2.67. The number of nitrogens with one attached hydrogen (secondary N) is 1. The molecule has 2 heteroatoms. The molecule has 4 rings (SSSR count). The normalized spacial score (nSPS) is 45.1. The second-order valence-electron chi connectivity index (χ2n) is 12.2. The lowest BCUT2D eigenvalue weighted by Gasteiger charge is -2.59. The first kappa shape index (κ1) is 21.4. The Morgan fingerprint density at radius 3 is 2.55 bits per heavy atom. The standard InChI is InChI=1S/C27H45NO/c1-17(2)8-7-9-18(3)20-10-11-21-25-19(4)16-23-27(6,15-13-24(29)28-23)22(25)12-14-26(20,21)5/h16-22,25H,7-15H2,1-6H3,(H,28,29)/t18-,19-,20+,21-,22-,25-,26+,27+/m0/s1. The molecule has 0 aromatic rings. The minimum atomic E-state index is 0.202. The van der Waals surface area contributed by atoms with Crippen molar-refractivity contribution in [3.8, 4) is 0 Å². The zero-order valence-corrected chi connectivity index (χ0v) is 19.9. The van der Waals surface area contributed by atoms with Gasteiger partial charge in [0.1, 0.15) is 0 Å². The zero-order chi connectivity index (χ0) is 21.0. The molecule has 3 aliphatic carbocycles. The highest BCUT2D eigenvalue weighted by atomic mass is 16.1. The van der Waals surface area contributed by atoms with Gasteiger partial charge < -0.3 is 5.32 Å². The van der Waals surface area contributed by atoms with Crippen molar-refractivity contribution in [1.29, 1.82) is 0 Å². The van der Waals surface area contributed by atoms with Crippen molar-refractivity contribution in [3.63, 3.8) is 0 Å². The largest absolute Gasteiger partial charge is 0.330 e. The second-order valence-corrected chi connectivity index (χ2v) is 12.2. The lowest BCUT2D eigenvalue weighted by molar-refractivity contribution is -0.126. The van der Waals surface area contributed by atoms with Crippen LogP contribution in [-0.2, 0) is 4.79 Å². The average Bonchev–Trinajstić information content (AvgIpc) is 3.00. The molecule has 1 N–H and O–H groups in total. The molecule has 1 amide bonds. The third-order valence-electron chi connectivity index (χ3n) is 10.1. The van der Waals surface area contributed by atoms with E-state index in [1.54, 1.807) is 0 Å². The van der Waals surface area contributed by atoms with E-state index < -0.39 is 0 Å². The fourth-order valence-electron chi connectivity index (χ4n) is 8.55. The van der Waals surface area contributed by atoms with Gasteiger partial charge in [-0.2, -0.15) is 0 Å². The molecule has 1 saturated heterocycles. The quantitative estimate of drug-likeness (QED) is 0.532. The van der Waals surface area contributed by atoms with E-state index in [9.17, 15) is 4.79 Å². The Kier molecular flexibility index (Phi) is 5.71. The first-order valence-corrected chi connectivity index (χ1v) is 12.7. The fraction of sp³-hybridized carbons (Fsp3) is 0.889. The van der Waals surface area contributed by atoms with Gasteiger partial charge in [0.05, 0.1) is 0 Å². The molecule has 2 saturated carbocycles. The van der Waals surface area contributed by atoms with Crippen LogP contribution >= 0.6 is 0 Å². The molecule has 0 unspecified atom stereocenters. The Labute approximate surface area is 179 Å². The molecule has 0 bridgehead atoms. The van der Waals surface area contributed by atoms with E-state index in [4.69, 9.17) is 0 Å². The summed E-state index contributed by atoms with van der Waals surface area (Å²) in [6, 6.07) is 0. The van der Waals surface area contributed by atoms with Crippen molar-refractivity contribution in [3.05, 3.63) is 11.8 Å². The zero-order valence-electron chi connectivity index (χ0n) is 19.9. The van der Waals surface area contributed by atoms with Crippen LogP contribution in [0.15, 0.2) is 11.8 Å². The number of carbonyl (C=O) groups is 1. The molecular formula is C27H45NO. The molecular weight excluding hydrogens is 354 g/mol. The van der Waals surface area contributed by atoms with Crippen molar-refractivity contribution >= 4 is 5.91 Å². The van der Waals surface area contributed by atoms with Gasteiger partial charge in [-0.25, -0.2) is 0 Å². The summed E-state index contributed by atoms with van der Waals surface area (Å²) in [6.07, 6.45) is 14.1. The van der Waals surface area contributed by atoms with Crippen LogP contribution in [0.4, 0.5) is 0 Å². The minimum absolute atomic E-state index is 0.202. The number of allylic oxidation sites excluding steroid dienone is 2. The first-order chi connectivity index (χ1) is 13.7. The summed E-state index contributed by atoms with van der Waals surface area (Å²) in [6.45, 7) is 14.9. The van der Waals surface area contributed by atoms with Gasteiger partial charge >= 0.3 is 0 Å². The molecule has 2 nitrogen and oxygen atoms in total. The second kappa shape index (κ2) is 7.72. The Bertz CT molecular complexity index is 665. The summed E-state index contributed by atoms with van der Waals surface area (Å²) in [5.41, 5.74) is 2.00. The summed E-state index contributed by atoms with van der Waals surface area (Å²) in [4.78, 5) is 12.1. The average molecular weight is 400 g/mol. The molecule has 1 heterocycles. The SMILES string of the molecule is CC(C)CCC[C@H](C)[C@H]1CC[C@H]2[C@@H]3[C@@H](C)C=C4NC(=O)CC[C@]4(C)[C@H]3CC[C@]12C. The monoisotopic (exact) mass is 399 g/mol. The Hall–Kier alpha value is -0.790. The molecule has 164 valence electrons. The molecule has 4 aliphatic rings. The Morgan fingerprint density at radius 2 is 1.83 bits per heavy atom. The maximum absolute atomic E-state index is 12.1. The van der Waals surface area contributed by atoms with Crippen molar-refractivity contribution < 1.29 is 4.79 Å². The highest BCUT2D eigenvalue weighted by Gasteiger charge is 2.60. The van der Waals surface area contributed by atoms with E-state index in [-0.39, 0.29) is 11.3 Å². The van der Waals surface area contributed by atoms with Crippen molar-refractivity contribution in [2.75, 3.05) is 0 Å². The smallest absolute Gasteiger partial charge is 0.224 e. The van der Waals surface area contributed by atoms with Gasteiger partial charge in [-0.1, -0.05) is 66.9 Å². The predicted octanol–water partition coefficient (Wildman–Crippen LogP) is 6.96. The number of fused-ring (bicyclic) bond motifs is 5. The van der Waals surface area contributed by atoms with Crippen LogP contribution in [-0.4, -0.2) is 5.91 Å². The van der Waals surface area contributed by atoms with Crippen LogP contribution in [0.2, 0.25) is 0 Å². The van der Waals surface area contributed by atoms with Crippen LogP contribution in [0, 0.1) is 52.3 Å². The Morgan fingerprint density at radius 1 is 1.07 bits per heavy atom. The number of amides is 1. The topological polar surface area (TPSA) is 29.1 Å². The third-order valence-corrected chi connectivity index (χ3v) is 10.1. The Balaban J connectivity index is 1.54. The number of rotatable bonds is 5. The lowest BCUT2D eigenvalue weighted by atomic mass is 9.46. The van der Waals surface area contributed by atoms with Crippen LogP contribution < -0.4 is 5.32 Å². The van der Waals surface area contributed by atoms with Gasteiger partial charge in [-0.05, 0) is 78.9 Å². The molecule has 0 aromatic heterocycles. The fourth-order valence-corrected chi connectivity index (χ4v) is 8.55. The number of hydrogen-bond donors (Lipinski definition) is 1. The van der Waals surface area contributed by atoms with E-state index in [1.165, 1.54) is 50.6 Å². The molecule has 0 radical (unpaired) electrons. The summed E-state index contributed by atoms with van der Waals surface area (Å²) < 4.78 is 0. The predicted molar refractivity (Wildman–Crippen MR) is 121 cm³/mol. The van der Waals surface area contributed by atoms with Crippen LogP contribution in [0.3, 0.4) is 0 Å². The molecule has 3 fully saturated rings. The van der Waals surface area contributed by atoms with Gasteiger partial charge in [0.15, 0.2) is 0 Å². The van der Waals surface area contributed by atoms with E-state index in [1.807, 2.05) is 0 Å². The maximum atomic E-state index is 12.1. The van der Waals surface area contributed by atoms with E-state index in [0.29, 0.717) is 17.8 Å². The van der Waals surface area contributed by atoms with Gasteiger partial charge in [0.25, 0.3) is 0 Å². The van der Waals surface area contributed by atoms with Gasteiger partial charge in [-0.3, -0.25) is 4.79 Å². The maximum Gasteiger partial charge on any atom is 0.224 e. The van der Waals surface area contributed by atoms with E-state index in [2.05, 4.69) is 52.9 Å². The van der Waals surface area contributed by atoms with Crippen LogP contribution in [0.1, 0.15) is 99.3 Å². The van der Waals surface area contributed by atoms with Crippen molar-refractivity contribution in [2.45, 2.75) is 99.3 Å². The first-order valence-electron chi connectivity index (χ1n) is 12.7. The number of piperidine rings is 1. The molecule has 0 spiro atoms. The van der Waals surface area contributed by atoms with Gasteiger partial charge in [0, 0.05) is 17.5 Å². The van der Waals surface area contributed by atoms with E-state index >= 15 is 0 Å². The van der Waals surface area contributed by atoms with Gasteiger partial charge in [-0.15, -0.1) is 0 Å². The molecule has 8 atom stereocenters. The highest BCUT2D eigenvalue weighted by molar-refractivity contribution is 5.79. The molecule has 29 heavy (non-hydrogen) atoms. The van der Waals surface area contributed by atoms with Crippen molar-refractivity contribution in [2.24, 2.45) is 52.3 Å². The summed E-state index contributed by atoms with van der Waals surface area (Å²) in [5, 5.41) is 3.27. The molecule has 1 aliphatic heterocycles. The summed E-state index contributed by atoms with van der Waals surface area (Å²) in [5.74, 6) is 5.90. The number of hydrogen-bond acceptors (Lipinski definition) is 1. The summed E-state index contributed by atoms with van der Waals surface area (Å²) >= 11 is 0. The van der Waals surface area contributed by atoms with Crippen LogP contribution in [0.25, 0.3) is 0 Å².